The lowest BCUT2D eigenvalue weighted by Crippen LogP contribution is -2.55. The molecule has 8 atom stereocenters. The monoisotopic (exact) mass is 1020 g/mol. The van der Waals surface area contributed by atoms with Crippen molar-refractivity contribution in [2.75, 3.05) is 34.8 Å². The van der Waals surface area contributed by atoms with Gasteiger partial charge in [0.05, 0.1) is 6.61 Å². The van der Waals surface area contributed by atoms with E-state index in [2.05, 4.69) is 6.92 Å². The highest BCUT2D eigenvalue weighted by atomic mass is 16.6. The molecule has 406 valence electrons. The highest BCUT2D eigenvalue weighted by Gasteiger charge is 2.43. The summed E-state index contributed by atoms with van der Waals surface area (Å²) in [4.78, 5) is 120. The maximum atomic E-state index is 14.8. The molecule has 1 saturated heterocycles. The third-order valence-corrected chi connectivity index (χ3v) is 12.9. The molecule has 2 aromatic rings. The zero-order chi connectivity index (χ0) is 54.9. The highest BCUT2D eigenvalue weighted by Crippen LogP contribution is 2.25. The summed E-state index contributed by atoms with van der Waals surface area (Å²) in [5.74, 6) is -6.64. The normalized spacial score (nSPS) is 24.3. The molecule has 1 fully saturated rings. The minimum absolute atomic E-state index is 0.0863. The average molecular weight is 1020 g/mol. The first-order chi connectivity index (χ1) is 34.3. The number of carbonyl (C=O) groups is 8. The molecule has 0 bridgehead atoms. The fourth-order valence-electron chi connectivity index (χ4n) is 8.58. The molecular formula is C56H84N4O13. The number of benzene rings is 2. The molecule has 2 aromatic carbocycles. The minimum Gasteiger partial charge on any atom is -0.494 e. The number of rotatable bonds is 16. The van der Waals surface area contributed by atoms with Crippen LogP contribution in [0.1, 0.15) is 126 Å². The number of hydrogen-bond donors (Lipinski definition) is 0. The summed E-state index contributed by atoms with van der Waals surface area (Å²) in [6, 6.07) is 10.8. The van der Waals surface area contributed by atoms with Crippen molar-refractivity contribution in [3.05, 3.63) is 65.7 Å². The predicted molar refractivity (Wildman–Crippen MR) is 276 cm³/mol. The maximum absolute atomic E-state index is 14.8. The van der Waals surface area contributed by atoms with Gasteiger partial charge >= 0.3 is 23.9 Å². The van der Waals surface area contributed by atoms with Gasteiger partial charge in [-0.3, -0.25) is 19.2 Å². The van der Waals surface area contributed by atoms with Crippen molar-refractivity contribution in [3.8, 4) is 5.75 Å². The first kappa shape index (κ1) is 61.3. The molecule has 3 rings (SSSR count). The molecule has 0 aliphatic carbocycles. The number of carbonyl (C=O) groups excluding carboxylic acids is 8. The van der Waals surface area contributed by atoms with Gasteiger partial charge in [-0.15, -0.1) is 0 Å². The number of cyclic esters (lactones) is 4. The molecule has 0 unspecified atom stereocenters. The maximum Gasteiger partial charge on any atom is 0.329 e. The Balaban J connectivity index is 2.25. The molecule has 73 heavy (non-hydrogen) atoms. The zero-order valence-electron chi connectivity index (χ0n) is 46.1. The van der Waals surface area contributed by atoms with E-state index in [1.807, 2.05) is 55.4 Å². The van der Waals surface area contributed by atoms with Gasteiger partial charge < -0.3 is 43.3 Å². The Morgan fingerprint density at radius 3 is 1.10 bits per heavy atom. The summed E-state index contributed by atoms with van der Waals surface area (Å²) in [5, 5.41) is 0. The highest BCUT2D eigenvalue weighted by molar-refractivity contribution is 5.94. The van der Waals surface area contributed by atoms with E-state index in [0.29, 0.717) is 23.5 Å². The van der Waals surface area contributed by atoms with Crippen molar-refractivity contribution >= 4 is 47.5 Å². The SMILES string of the molecule is CCCCOc1ccc(C[C@H]2OC(=O)[C@H](CC(C)C)N(C)C(=O)[C@@H](C)OC(=O)[C@H](CC(C)C)N(C)C(=O)[C@@H](Cc3ccccc3)OC(=O)[C@H](CC(C)C)N(C)C(=O)[C@@H](C)OC(=O)[C@H](CC(C)C)N(C)C2=O)cc1. The van der Waals surface area contributed by atoms with E-state index in [1.54, 1.807) is 54.6 Å². The third kappa shape index (κ3) is 18.5. The van der Waals surface area contributed by atoms with Crippen LogP contribution in [0.2, 0.25) is 0 Å². The van der Waals surface area contributed by atoms with Gasteiger partial charge in [0.2, 0.25) is 0 Å². The Kier molecular flexibility index (Phi) is 24.4. The molecule has 0 aromatic heterocycles. The smallest absolute Gasteiger partial charge is 0.329 e. The van der Waals surface area contributed by atoms with Gasteiger partial charge in [0.25, 0.3) is 23.6 Å². The lowest BCUT2D eigenvalue weighted by molar-refractivity contribution is -0.176. The summed E-state index contributed by atoms with van der Waals surface area (Å²) in [6.07, 6.45) is -3.93. The number of nitrogens with zero attached hydrogens (tertiary/aromatic N) is 4. The molecule has 4 amide bonds. The van der Waals surface area contributed by atoms with Crippen LogP contribution >= 0.6 is 0 Å². The lowest BCUT2D eigenvalue weighted by Gasteiger charge is -2.35. The summed E-state index contributed by atoms with van der Waals surface area (Å²) in [7, 11) is 5.56. The van der Waals surface area contributed by atoms with Crippen LogP contribution in [-0.4, -0.2) is 150 Å². The average Bonchev–Trinajstić information content (AvgIpc) is 3.33. The fraction of sp³-hybridized carbons (Fsp3) is 0.643. The van der Waals surface area contributed by atoms with Gasteiger partial charge in [-0.1, -0.05) is 111 Å². The van der Waals surface area contributed by atoms with E-state index in [9.17, 15) is 38.4 Å². The Bertz CT molecular complexity index is 2130. The summed E-state index contributed by atoms with van der Waals surface area (Å²) in [5.41, 5.74) is 1.25. The van der Waals surface area contributed by atoms with E-state index >= 15 is 0 Å². The molecule has 1 heterocycles. The molecule has 0 saturated carbocycles. The second-order valence-electron chi connectivity index (χ2n) is 21.1. The minimum atomic E-state index is -1.52. The van der Waals surface area contributed by atoms with Gasteiger partial charge in [0.15, 0.2) is 24.4 Å². The van der Waals surface area contributed by atoms with Gasteiger partial charge in [-0.05, 0) is 92.9 Å². The molecule has 17 nitrogen and oxygen atoms in total. The van der Waals surface area contributed by atoms with E-state index in [0.717, 1.165) is 32.4 Å². The van der Waals surface area contributed by atoms with Gasteiger partial charge in [-0.25, -0.2) is 19.2 Å². The molecule has 1 aliphatic heterocycles. The number of esters is 4. The zero-order valence-corrected chi connectivity index (χ0v) is 46.1. The van der Waals surface area contributed by atoms with Crippen LogP contribution in [0.25, 0.3) is 0 Å². The van der Waals surface area contributed by atoms with Crippen molar-refractivity contribution in [3.63, 3.8) is 0 Å². The van der Waals surface area contributed by atoms with Crippen molar-refractivity contribution in [1.29, 1.82) is 0 Å². The Labute approximate surface area is 433 Å². The number of likely N-dealkylation sites (N-methyl/N-ethyl adjacent to an activating group) is 4. The Morgan fingerprint density at radius 1 is 0.452 bits per heavy atom. The Morgan fingerprint density at radius 2 is 0.767 bits per heavy atom. The molecule has 0 radical (unpaired) electrons. The molecule has 0 N–H and O–H groups in total. The van der Waals surface area contributed by atoms with Gasteiger partial charge in [-0.2, -0.15) is 0 Å². The van der Waals surface area contributed by atoms with Crippen LogP contribution in [0.4, 0.5) is 0 Å². The van der Waals surface area contributed by atoms with Crippen molar-refractivity contribution < 1.29 is 62.0 Å². The second-order valence-corrected chi connectivity index (χ2v) is 21.1. The third-order valence-electron chi connectivity index (χ3n) is 12.9. The quantitative estimate of drug-likeness (QED) is 0.0964. The fourth-order valence-corrected chi connectivity index (χ4v) is 8.58. The first-order valence-electron chi connectivity index (χ1n) is 25.9. The topological polar surface area (TPSA) is 196 Å². The summed E-state index contributed by atoms with van der Waals surface area (Å²) >= 11 is 0. The summed E-state index contributed by atoms with van der Waals surface area (Å²) < 4.78 is 29.8. The largest absolute Gasteiger partial charge is 0.494 e. The van der Waals surface area contributed by atoms with Gasteiger partial charge in [0, 0.05) is 41.0 Å². The van der Waals surface area contributed by atoms with Crippen molar-refractivity contribution in [2.24, 2.45) is 23.7 Å². The number of ether oxygens (including phenoxy) is 5. The van der Waals surface area contributed by atoms with Crippen LogP contribution in [0.15, 0.2) is 54.6 Å². The van der Waals surface area contributed by atoms with Crippen LogP contribution in [-0.2, 0) is 70.1 Å². The van der Waals surface area contributed by atoms with Gasteiger partial charge in [0.1, 0.15) is 29.9 Å². The first-order valence-corrected chi connectivity index (χ1v) is 25.9. The molecule has 17 heteroatoms. The second kappa shape index (κ2) is 29.0. The van der Waals surface area contributed by atoms with E-state index in [1.165, 1.54) is 42.0 Å². The number of hydrogen-bond acceptors (Lipinski definition) is 13. The molecular weight excluding hydrogens is 937 g/mol. The van der Waals surface area contributed by atoms with Crippen molar-refractivity contribution in [2.45, 2.75) is 176 Å². The molecule has 0 spiro atoms. The van der Waals surface area contributed by atoms with E-state index in [-0.39, 0.29) is 62.2 Å². The van der Waals surface area contributed by atoms with E-state index in [4.69, 9.17) is 23.7 Å². The summed E-state index contributed by atoms with van der Waals surface area (Å²) in [6.45, 7) is 20.1. The number of unbranched alkanes of at least 4 members (excludes halogenated alkanes) is 1. The van der Waals surface area contributed by atoms with Crippen LogP contribution in [0.5, 0.6) is 5.75 Å². The van der Waals surface area contributed by atoms with Crippen LogP contribution < -0.4 is 4.74 Å². The molecule has 1 aliphatic rings. The lowest BCUT2D eigenvalue weighted by atomic mass is 10.00. The number of amides is 4. The predicted octanol–water partition coefficient (Wildman–Crippen LogP) is 6.84. The van der Waals surface area contributed by atoms with Crippen molar-refractivity contribution in [1.82, 2.24) is 19.6 Å². The standard InChI is InChI=1S/C56H84N4O13/c1-16-17-27-69-42-25-23-41(24-26-42)33-48-52(64)60(15)44(29-35(4)5)54(66)71-38(10)49(61)57(12)45(30-36(6)7)55(67)72-47(32-40-21-19-18-20-22-40)51(63)59(14)43(28-34(2)3)53(65)70-39(11)50(62)58(13)46(31-37(8)9)56(68)73-48/h18-26,34-39,43-48H,16-17,27-33H2,1-15H3/t38-,39-,43+,44+,45+,46+,47-,48-/m1/s1. The van der Waals surface area contributed by atoms with Crippen LogP contribution in [0.3, 0.4) is 0 Å². The van der Waals surface area contributed by atoms with E-state index < -0.39 is 96.1 Å². The Hall–Kier alpha value is -6.00. The van der Waals surface area contributed by atoms with Crippen LogP contribution in [0, 0.1) is 23.7 Å².